The SMILES string of the molecule is CO[C@@H]1C[C@H]2CN(C(C)C)CCN2C1. The van der Waals surface area contributed by atoms with Crippen molar-refractivity contribution < 1.29 is 4.74 Å². The monoisotopic (exact) mass is 198 g/mol. The summed E-state index contributed by atoms with van der Waals surface area (Å²) in [4.78, 5) is 5.17. The van der Waals surface area contributed by atoms with Gasteiger partial charge >= 0.3 is 0 Å². The molecule has 2 aliphatic rings. The lowest BCUT2D eigenvalue weighted by Crippen LogP contribution is -2.52. The minimum absolute atomic E-state index is 0.479. The third-order valence-electron chi connectivity index (χ3n) is 3.67. The van der Waals surface area contributed by atoms with Gasteiger partial charge in [-0.05, 0) is 20.3 Å². The molecule has 3 heteroatoms. The maximum atomic E-state index is 5.44. The molecule has 2 heterocycles. The molecule has 2 aliphatic heterocycles. The molecule has 0 unspecified atom stereocenters. The molecular weight excluding hydrogens is 176 g/mol. The van der Waals surface area contributed by atoms with Gasteiger partial charge in [0, 0.05) is 45.4 Å². The van der Waals surface area contributed by atoms with Crippen molar-refractivity contribution in [3.63, 3.8) is 0 Å². The van der Waals surface area contributed by atoms with E-state index < -0.39 is 0 Å². The molecule has 3 nitrogen and oxygen atoms in total. The van der Waals surface area contributed by atoms with Crippen LogP contribution in [0.5, 0.6) is 0 Å². The van der Waals surface area contributed by atoms with E-state index in [1.165, 1.54) is 26.1 Å². The van der Waals surface area contributed by atoms with Gasteiger partial charge in [0.1, 0.15) is 0 Å². The quantitative estimate of drug-likeness (QED) is 0.653. The predicted molar refractivity (Wildman–Crippen MR) is 57.5 cm³/mol. The van der Waals surface area contributed by atoms with Crippen LogP contribution in [0.15, 0.2) is 0 Å². The van der Waals surface area contributed by atoms with Gasteiger partial charge in [-0.15, -0.1) is 0 Å². The van der Waals surface area contributed by atoms with Gasteiger partial charge in [-0.25, -0.2) is 0 Å². The van der Waals surface area contributed by atoms with Crippen molar-refractivity contribution >= 4 is 0 Å². The molecule has 0 saturated carbocycles. The fraction of sp³-hybridized carbons (Fsp3) is 1.00. The third kappa shape index (κ3) is 1.95. The molecule has 0 amide bonds. The Kier molecular flexibility index (Phi) is 3.10. The topological polar surface area (TPSA) is 15.7 Å². The number of piperazine rings is 1. The van der Waals surface area contributed by atoms with Gasteiger partial charge < -0.3 is 4.74 Å². The van der Waals surface area contributed by atoms with Gasteiger partial charge in [0.25, 0.3) is 0 Å². The number of nitrogens with zero attached hydrogens (tertiary/aromatic N) is 2. The van der Waals surface area contributed by atoms with E-state index in [9.17, 15) is 0 Å². The van der Waals surface area contributed by atoms with Gasteiger partial charge in [0.15, 0.2) is 0 Å². The summed E-state index contributed by atoms with van der Waals surface area (Å²) in [7, 11) is 1.84. The van der Waals surface area contributed by atoms with Crippen molar-refractivity contribution in [2.24, 2.45) is 0 Å². The Bertz CT molecular complexity index is 196. The Labute approximate surface area is 87.0 Å². The first-order valence-corrected chi connectivity index (χ1v) is 5.71. The molecule has 2 atom stereocenters. The molecule has 0 aromatic heterocycles. The Balaban J connectivity index is 1.91. The lowest BCUT2D eigenvalue weighted by molar-refractivity contribution is 0.0786. The molecule has 0 aromatic carbocycles. The summed E-state index contributed by atoms with van der Waals surface area (Å²) >= 11 is 0. The summed E-state index contributed by atoms with van der Waals surface area (Å²) < 4.78 is 5.44. The summed E-state index contributed by atoms with van der Waals surface area (Å²) in [5.74, 6) is 0. The van der Waals surface area contributed by atoms with E-state index in [1.807, 2.05) is 7.11 Å². The van der Waals surface area contributed by atoms with Crippen LogP contribution in [0.1, 0.15) is 20.3 Å². The smallest absolute Gasteiger partial charge is 0.0713 e. The fourth-order valence-electron chi connectivity index (χ4n) is 2.66. The van der Waals surface area contributed by atoms with Crippen LogP contribution >= 0.6 is 0 Å². The Morgan fingerprint density at radius 2 is 2.00 bits per heavy atom. The van der Waals surface area contributed by atoms with Crippen LogP contribution in [-0.4, -0.2) is 61.3 Å². The Hall–Kier alpha value is -0.120. The molecule has 2 saturated heterocycles. The van der Waals surface area contributed by atoms with Gasteiger partial charge in [-0.1, -0.05) is 0 Å². The summed E-state index contributed by atoms with van der Waals surface area (Å²) in [5, 5.41) is 0. The average molecular weight is 198 g/mol. The van der Waals surface area contributed by atoms with Crippen LogP contribution < -0.4 is 0 Å². The molecule has 2 rings (SSSR count). The van der Waals surface area contributed by atoms with Gasteiger partial charge in [0.2, 0.25) is 0 Å². The molecular formula is C11H22N2O. The van der Waals surface area contributed by atoms with Crippen molar-refractivity contribution in [1.29, 1.82) is 0 Å². The Morgan fingerprint density at radius 3 is 2.64 bits per heavy atom. The van der Waals surface area contributed by atoms with Crippen LogP contribution in [-0.2, 0) is 4.74 Å². The molecule has 14 heavy (non-hydrogen) atoms. The van der Waals surface area contributed by atoms with Crippen molar-refractivity contribution in [3.8, 4) is 0 Å². The number of fused-ring (bicyclic) bond motifs is 1. The van der Waals surface area contributed by atoms with Crippen molar-refractivity contribution in [3.05, 3.63) is 0 Å². The lowest BCUT2D eigenvalue weighted by atomic mass is 10.1. The standard InChI is InChI=1S/C11H22N2O/c1-9(2)12-4-5-13-8-11(14-3)6-10(13)7-12/h9-11H,4-8H2,1-3H3/t10-,11+/m0/s1. The maximum absolute atomic E-state index is 5.44. The molecule has 0 spiro atoms. The first kappa shape index (κ1) is 10.4. The van der Waals surface area contributed by atoms with Crippen molar-refractivity contribution in [1.82, 2.24) is 9.80 Å². The first-order chi connectivity index (χ1) is 6.70. The molecule has 82 valence electrons. The maximum Gasteiger partial charge on any atom is 0.0713 e. The number of methoxy groups -OCH3 is 1. The molecule has 0 radical (unpaired) electrons. The molecule has 0 bridgehead atoms. The minimum Gasteiger partial charge on any atom is -0.380 e. The first-order valence-electron chi connectivity index (χ1n) is 5.71. The Morgan fingerprint density at radius 1 is 1.21 bits per heavy atom. The summed E-state index contributed by atoms with van der Waals surface area (Å²) in [6.45, 7) is 9.41. The normalized spacial score (nSPS) is 35.1. The summed E-state index contributed by atoms with van der Waals surface area (Å²) in [6, 6.07) is 1.44. The van der Waals surface area contributed by atoms with E-state index in [2.05, 4.69) is 23.6 Å². The highest BCUT2D eigenvalue weighted by Gasteiger charge is 2.36. The van der Waals surface area contributed by atoms with E-state index in [0.717, 1.165) is 12.6 Å². The molecule has 2 fully saturated rings. The second-order valence-corrected chi connectivity index (χ2v) is 4.83. The van der Waals surface area contributed by atoms with Crippen molar-refractivity contribution in [2.75, 3.05) is 33.3 Å². The minimum atomic E-state index is 0.479. The van der Waals surface area contributed by atoms with Crippen LogP contribution in [0.4, 0.5) is 0 Å². The molecule has 0 aliphatic carbocycles. The van der Waals surface area contributed by atoms with Crippen molar-refractivity contribution in [2.45, 2.75) is 38.5 Å². The number of rotatable bonds is 2. The van der Waals surface area contributed by atoms with Crippen LogP contribution in [0, 0.1) is 0 Å². The highest BCUT2D eigenvalue weighted by molar-refractivity contribution is 4.92. The number of hydrogen-bond donors (Lipinski definition) is 0. The average Bonchev–Trinajstić information content (AvgIpc) is 2.58. The zero-order valence-electron chi connectivity index (χ0n) is 9.57. The molecule has 0 N–H and O–H groups in total. The third-order valence-corrected chi connectivity index (χ3v) is 3.67. The zero-order chi connectivity index (χ0) is 10.1. The highest BCUT2D eigenvalue weighted by atomic mass is 16.5. The number of hydrogen-bond acceptors (Lipinski definition) is 3. The summed E-state index contributed by atoms with van der Waals surface area (Å²) in [5.41, 5.74) is 0. The van der Waals surface area contributed by atoms with E-state index in [4.69, 9.17) is 4.74 Å². The fourth-order valence-corrected chi connectivity index (χ4v) is 2.66. The lowest BCUT2D eigenvalue weighted by Gasteiger charge is -2.39. The highest BCUT2D eigenvalue weighted by Crippen LogP contribution is 2.24. The second kappa shape index (κ2) is 4.17. The van der Waals surface area contributed by atoms with E-state index in [-0.39, 0.29) is 0 Å². The van der Waals surface area contributed by atoms with Crippen LogP contribution in [0.3, 0.4) is 0 Å². The second-order valence-electron chi connectivity index (χ2n) is 4.83. The molecule has 0 aromatic rings. The van der Waals surface area contributed by atoms with Gasteiger partial charge in [0.05, 0.1) is 6.10 Å². The summed E-state index contributed by atoms with van der Waals surface area (Å²) in [6.07, 6.45) is 1.70. The van der Waals surface area contributed by atoms with Gasteiger partial charge in [-0.2, -0.15) is 0 Å². The van der Waals surface area contributed by atoms with Crippen LogP contribution in [0.2, 0.25) is 0 Å². The van der Waals surface area contributed by atoms with Gasteiger partial charge in [-0.3, -0.25) is 9.80 Å². The van der Waals surface area contributed by atoms with E-state index >= 15 is 0 Å². The van der Waals surface area contributed by atoms with E-state index in [1.54, 1.807) is 0 Å². The largest absolute Gasteiger partial charge is 0.380 e. The van der Waals surface area contributed by atoms with E-state index in [0.29, 0.717) is 12.1 Å². The predicted octanol–water partition coefficient (Wildman–Crippen LogP) is 0.800. The van der Waals surface area contributed by atoms with Crippen LogP contribution in [0.25, 0.3) is 0 Å². The zero-order valence-corrected chi connectivity index (χ0v) is 9.57. The number of ether oxygens (including phenoxy) is 1.